The van der Waals surface area contributed by atoms with E-state index >= 15 is 0 Å². The number of carbonyl (C=O) groups excluding carboxylic acids is 6. The molecule has 0 saturated carbocycles. The van der Waals surface area contributed by atoms with Crippen LogP contribution in [-0.2, 0) is 71.6 Å². The number of imide groups is 1. The van der Waals surface area contributed by atoms with Gasteiger partial charge in [-0.25, -0.2) is 10.9 Å². The van der Waals surface area contributed by atoms with Crippen molar-refractivity contribution in [2.24, 2.45) is 0 Å². The van der Waals surface area contributed by atoms with Crippen LogP contribution in [0.2, 0.25) is 0 Å². The van der Waals surface area contributed by atoms with Gasteiger partial charge in [-0.05, 0) is 13.3 Å². The number of ether oxygens (including phenoxy) is 8. The van der Waals surface area contributed by atoms with Crippen LogP contribution in [0, 0.1) is 0 Å². The third-order valence-corrected chi connectivity index (χ3v) is 12.6. The third kappa shape index (κ3) is 17.8. The number of hydrogen-bond donors (Lipinski definition) is 18. The minimum Gasteiger partial charge on any atom is -0.394 e. The summed E-state index contributed by atoms with van der Waals surface area (Å²) in [5.41, 5.74) is 6.77. The molecule has 77 heavy (non-hydrogen) atoms. The van der Waals surface area contributed by atoms with Crippen LogP contribution in [0.5, 0.6) is 0 Å². The predicted octanol–water partition coefficient (Wildman–Crippen LogP) is -12.7. The number of hydrogen-bond acceptors (Lipinski definition) is 30. The molecule has 0 unspecified atom stereocenters. The summed E-state index contributed by atoms with van der Waals surface area (Å²) in [7, 11) is 0. The van der Waals surface area contributed by atoms with Crippen molar-refractivity contribution in [2.45, 2.75) is 155 Å². The molecule has 18 N–H and O–H groups in total. The molecule has 5 rings (SSSR count). The Morgan fingerprint density at radius 3 is 1.69 bits per heavy atom. The molecule has 35 nitrogen and oxygen atoms in total. The molecule has 0 aromatic rings. The van der Waals surface area contributed by atoms with Gasteiger partial charge in [-0.1, -0.05) is 0 Å². The summed E-state index contributed by atoms with van der Waals surface area (Å²) in [6.45, 7) is -3.60. The number of hydroxylamine groups is 3. The van der Waals surface area contributed by atoms with Crippen LogP contribution in [0.25, 0.3) is 0 Å². The molecule has 5 fully saturated rings. The van der Waals surface area contributed by atoms with Crippen LogP contribution >= 0.6 is 0 Å². The van der Waals surface area contributed by atoms with Crippen LogP contribution in [0.4, 0.5) is 0 Å². The van der Waals surface area contributed by atoms with E-state index in [1.54, 1.807) is 0 Å². The summed E-state index contributed by atoms with van der Waals surface area (Å²) >= 11 is 0. The second-order valence-corrected chi connectivity index (χ2v) is 18.4. The summed E-state index contributed by atoms with van der Waals surface area (Å²) in [6.07, 6.45) is -33.2. The van der Waals surface area contributed by atoms with E-state index in [0.717, 1.165) is 4.90 Å². The number of nitrogens with zero attached hydrogens (tertiary/aromatic N) is 2. The van der Waals surface area contributed by atoms with E-state index in [1.807, 2.05) is 5.48 Å². The maximum absolute atomic E-state index is 13.0. The Bertz CT molecular complexity index is 1900. The van der Waals surface area contributed by atoms with E-state index in [9.17, 15) is 95.2 Å². The molecule has 442 valence electrons. The first kappa shape index (κ1) is 63.9. The van der Waals surface area contributed by atoms with Crippen molar-refractivity contribution in [3.05, 3.63) is 0 Å². The summed E-state index contributed by atoms with van der Waals surface area (Å²) in [6, 6.07) is 0. The van der Waals surface area contributed by atoms with Crippen LogP contribution < -0.4 is 27.0 Å². The van der Waals surface area contributed by atoms with Gasteiger partial charge in [-0.15, -0.1) is 10.0 Å². The van der Waals surface area contributed by atoms with Crippen molar-refractivity contribution in [3.63, 3.8) is 0 Å². The monoisotopic (exact) mass is 1120 g/mol. The highest BCUT2D eigenvalue weighted by Crippen LogP contribution is 2.31. The molecule has 0 spiro atoms. The van der Waals surface area contributed by atoms with Crippen molar-refractivity contribution in [1.29, 1.82) is 0 Å². The highest BCUT2D eigenvalue weighted by atomic mass is 16.8. The van der Waals surface area contributed by atoms with Crippen LogP contribution in [0.1, 0.15) is 32.6 Å². The van der Waals surface area contributed by atoms with Gasteiger partial charge in [0.25, 0.3) is 17.7 Å². The molecule has 5 aliphatic heterocycles. The average molecular weight is 1120 g/mol. The van der Waals surface area contributed by atoms with Gasteiger partial charge in [0.05, 0.1) is 58.8 Å². The maximum Gasteiger partial charge on any atom is 0.259 e. The minimum atomic E-state index is -1.97. The Hall–Kier alpha value is -3.94. The van der Waals surface area contributed by atoms with Gasteiger partial charge in [-0.2, -0.15) is 0 Å². The molecular weight excluding hydrogens is 1050 g/mol. The summed E-state index contributed by atoms with van der Waals surface area (Å²) in [5.74, 6) is -4.39. The smallest absolute Gasteiger partial charge is 0.259 e. The SMILES string of the molecule is C[C@@H]1O[C@@H](OCCNNC(=O)CN(CC(=O)NCCCC(=O)NCCO[C@H]2O[C@H](CO[C@H]3O[C@H](CO)[C@@H](O)[C@H](O)[C@@H]3O)[C@@H](O)[C@H](O[C@H]3O[C@H](CO)[C@@H](O)[C@H](O)[C@@H]3O)[C@@H]2O)CC(=O)NON2C(=O)CCC2=O)[C@@H](O)[C@H](O)[C@@H]1O. The Kier molecular flexibility index (Phi) is 25.4. The molecule has 35 heteroatoms. The fraction of sp³-hybridized carbons (Fsp3) is 0.857. The van der Waals surface area contributed by atoms with Gasteiger partial charge in [0, 0.05) is 38.9 Å². The number of carbonyl (C=O) groups is 6. The molecule has 5 aliphatic rings. The third-order valence-electron chi connectivity index (χ3n) is 12.6. The highest BCUT2D eigenvalue weighted by molar-refractivity contribution is 6.00. The summed E-state index contributed by atoms with van der Waals surface area (Å²) in [4.78, 5) is 80.8. The fourth-order valence-corrected chi connectivity index (χ4v) is 8.20. The number of amides is 6. The number of rotatable bonds is 28. The van der Waals surface area contributed by atoms with E-state index in [4.69, 9.17) is 42.8 Å². The van der Waals surface area contributed by atoms with E-state index in [1.165, 1.54) is 6.92 Å². The topological polar surface area (TPSA) is 515 Å². The fourth-order valence-electron chi connectivity index (χ4n) is 8.20. The largest absolute Gasteiger partial charge is 0.394 e. The van der Waals surface area contributed by atoms with Gasteiger partial charge in [0.2, 0.25) is 17.7 Å². The molecule has 0 bridgehead atoms. The lowest BCUT2D eigenvalue weighted by molar-refractivity contribution is -0.366. The molecule has 5 saturated heterocycles. The molecular formula is C42H71N7O28. The van der Waals surface area contributed by atoms with Gasteiger partial charge >= 0.3 is 0 Å². The van der Waals surface area contributed by atoms with Gasteiger partial charge in [0.15, 0.2) is 25.2 Å². The van der Waals surface area contributed by atoms with E-state index in [0.29, 0.717) is 5.06 Å². The second-order valence-electron chi connectivity index (χ2n) is 18.4. The minimum absolute atomic E-state index is 0.0634. The van der Waals surface area contributed by atoms with Gasteiger partial charge in [-0.3, -0.25) is 39.1 Å². The lowest BCUT2D eigenvalue weighted by atomic mass is 9.96. The van der Waals surface area contributed by atoms with Crippen LogP contribution in [0.15, 0.2) is 0 Å². The molecule has 5 heterocycles. The van der Waals surface area contributed by atoms with Crippen LogP contribution in [0.3, 0.4) is 0 Å². The van der Waals surface area contributed by atoms with Crippen molar-refractivity contribution in [2.75, 3.05) is 72.3 Å². The van der Waals surface area contributed by atoms with Gasteiger partial charge < -0.3 is 115 Å². The molecule has 6 amide bonds. The van der Waals surface area contributed by atoms with Crippen molar-refractivity contribution in [3.8, 4) is 0 Å². The summed E-state index contributed by atoms with van der Waals surface area (Å²) < 4.78 is 43.9. The number of hydrazine groups is 1. The van der Waals surface area contributed by atoms with Crippen LogP contribution in [-0.4, -0.2) is 307 Å². The maximum atomic E-state index is 13.0. The average Bonchev–Trinajstić information content (AvgIpc) is 3.72. The standard InChI is InChI=1S/C42H71N7O28/c1-17-27(58)31(62)34(65)39(72-17)70-10-8-45-46-23(54)12-48(13-24(55)47-77-49-25(56)4-5-26(49)57)11-22(53)43-6-2-3-21(52)44-7-9-69-41-37(68)38(76-42-36(67)33(64)29(60)19(15-51)74-42)30(61)20(75-41)16-71-40-35(66)32(63)28(59)18(14-50)73-40/h17-20,27-42,45,50-51,58-68H,2-16H2,1H3,(H,43,53)(H,44,52)(H,46,54)(H,47,55)/t17-,18+,19+,20+,27+,28+,29+,30+,31+,32-,33-,34-,35-,36-,37-,38-,39+,40-,41-,42+/m0/s1. The van der Waals surface area contributed by atoms with Crippen molar-refractivity contribution < 1.29 is 138 Å². The number of aliphatic hydroxyl groups excluding tert-OH is 13. The first-order valence-electron chi connectivity index (χ1n) is 24.5. The van der Waals surface area contributed by atoms with E-state index in [-0.39, 0.29) is 58.5 Å². The van der Waals surface area contributed by atoms with E-state index in [2.05, 4.69) is 21.5 Å². The number of aliphatic hydroxyl groups is 13. The highest BCUT2D eigenvalue weighted by Gasteiger charge is 2.52. The molecule has 0 aliphatic carbocycles. The lowest BCUT2D eigenvalue weighted by Gasteiger charge is -2.46. The molecule has 0 radical (unpaired) electrons. The zero-order valence-electron chi connectivity index (χ0n) is 41.5. The molecule has 20 atom stereocenters. The zero-order chi connectivity index (χ0) is 56.7. The normalized spacial score (nSPS) is 36.7. The lowest BCUT2D eigenvalue weighted by Crippen LogP contribution is -2.65. The molecule has 0 aromatic carbocycles. The predicted molar refractivity (Wildman–Crippen MR) is 241 cm³/mol. The first-order valence-corrected chi connectivity index (χ1v) is 24.5. The Labute approximate surface area is 437 Å². The Morgan fingerprint density at radius 1 is 0.558 bits per heavy atom. The van der Waals surface area contributed by atoms with Crippen molar-refractivity contribution >= 4 is 35.4 Å². The van der Waals surface area contributed by atoms with E-state index < -0.39 is 198 Å². The summed E-state index contributed by atoms with van der Waals surface area (Å²) in [5, 5.41) is 139. The van der Waals surface area contributed by atoms with Crippen molar-refractivity contribution in [1.82, 2.24) is 36.9 Å². The first-order chi connectivity index (χ1) is 36.6. The zero-order valence-corrected chi connectivity index (χ0v) is 41.5. The Balaban J connectivity index is 1.07. The molecule has 0 aromatic heterocycles. The van der Waals surface area contributed by atoms with Gasteiger partial charge in [0.1, 0.15) is 91.6 Å². The second kappa shape index (κ2) is 30.6. The number of nitrogens with one attached hydrogen (secondary N) is 5. The quantitative estimate of drug-likeness (QED) is 0.0196. The Morgan fingerprint density at radius 2 is 1.06 bits per heavy atom.